The summed E-state index contributed by atoms with van der Waals surface area (Å²) in [6.07, 6.45) is 0. The van der Waals surface area contributed by atoms with E-state index in [2.05, 4.69) is 5.32 Å². The van der Waals surface area contributed by atoms with E-state index in [0.717, 1.165) is 0 Å². The fraction of sp³-hybridized carbons (Fsp3) is 0.185. The molecule has 5 rings (SSSR count). The third-order valence-corrected chi connectivity index (χ3v) is 5.46. The van der Waals surface area contributed by atoms with E-state index in [1.807, 2.05) is 0 Å². The Hall–Kier alpha value is -4.66. The Labute approximate surface area is 206 Å². The van der Waals surface area contributed by atoms with E-state index in [-0.39, 0.29) is 23.7 Å². The summed E-state index contributed by atoms with van der Waals surface area (Å²) in [5.41, 5.74) is 0.549. The fourth-order valence-corrected chi connectivity index (χ4v) is 3.76. The van der Waals surface area contributed by atoms with Gasteiger partial charge in [-0.1, -0.05) is 12.1 Å². The molecule has 0 saturated heterocycles. The number of hydrogen-bond acceptors (Lipinski definition) is 8. The maximum absolute atomic E-state index is 13.1. The smallest absolute Gasteiger partial charge is 0.262 e. The number of rotatable bonds is 7. The minimum atomic E-state index is -0.357. The number of hydrogen-bond donors (Lipinski definition) is 1. The molecule has 0 unspecified atom stereocenters. The Kier molecular flexibility index (Phi) is 6.36. The minimum absolute atomic E-state index is 0.0690. The molecular weight excluding hydrogens is 466 g/mol. The van der Waals surface area contributed by atoms with Crippen molar-refractivity contribution in [3.8, 4) is 34.5 Å². The number of ether oxygens (including phenoxy) is 5. The standard InChI is InChI=1S/C27H23NO8/c1-16-27(36-22-6-4-3-5-20(22)31-2)26(30)19-9-8-18(14-23(19)35-16)34-15-25(29)28-17-7-10-21-24(13-17)33-12-11-32-21/h3-10,13-14H,11-12,15H2,1-2H3,(H,28,29). The van der Waals surface area contributed by atoms with E-state index in [0.29, 0.717) is 64.4 Å². The topological polar surface area (TPSA) is 105 Å². The molecule has 2 heterocycles. The first-order valence-corrected chi connectivity index (χ1v) is 11.2. The van der Waals surface area contributed by atoms with Gasteiger partial charge in [-0.3, -0.25) is 9.59 Å². The zero-order valence-corrected chi connectivity index (χ0v) is 19.7. The summed E-state index contributed by atoms with van der Waals surface area (Å²) >= 11 is 0. The van der Waals surface area contributed by atoms with Gasteiger partial charge in [-0.15, -0.1) is 0 Å². The van der Waals surface area contributed by atoms with Crippen LogP contribution in [-0.4, -0.2) is 32.8 Å². The van der Waals surface area contributed by atoms with Gasteiger partial charge < -0.3 is 33.4 Å². The highest BCUT2D eigenvalue weighted by atomic mass is 16.6. The summed E-state index contributed by atoms with van der Waals surface area (Å²) in [6, 6.07) is 16.9. The van der Waals surface area contributed by atoms with Crippen molar-refractivity contribution in [3.63, 3.8) is 0 Å². The molecule has 0 saturated carbocycles. The van der Waals surface area contributed by atoms with E-state index in [9.17, 15) is 9.59 Å². The highest BCUT2D eigenvalue weighted by molar-refractivity contribution is 5.92. The Morgan fingerprint density at radius 3 is 2.56 bits per heavy atom. The maximum Gasteiger partial charge on any atom is 0.262 e. The van der Waals surface area contributed by atoms with Gasteiger partial charge in [-0.2, -0.15) is 0 Å². The average molecular weight is 489 g/mol. The normalized spacial score (nSPS) is 12.2. The van der Waals surface area contributed by atoms with Crippen molar-refractivity contribution < 1.29 is 32.9 Å². The number of para-hydroxylation sites is 2. The molecule has 1 aliphatic heterocycles. The quantitative estimate of drug-likeness (QED) is 0.399. The number of nitrogens with one attached hydrogen (secondary N) is 1. The van der Waals surface area contributed by atoms with E-state index >= 15 is 0 Å². The molecule has 36 heavy (non-hydrogen) atoms. The molecule has 184 valence electrons. The van der Waals surface area contributed by atoms with E-state index < -0.39 is 0 Å². The van der Waals surface area contributed by atoms with Gasteiger partial charge in [0.25, 0.3) is 5.91 Å². The van der Waals surface area contributed by atoms with Gasteiger partial charge in [-0.25, -0.2) is 0 Å². The van der Waals surface area contributed by atoms with E-state index in [4.69, 9.17) is 28.1 Å². The Balaban J connectivity index is 1.29. The van der Waals surface area contributed by atoms with Crippen molar-refractivity contribution in [1.82, 2.24) is 0 Å². The molecule has 0 bridgehead atoms. The molecule has 1 aromatic heterocycles. The SMILES string of the molecule is COc1ccccc1Oc1c(C)oc2cc(OCC(=O)Nc3ccc4c(c3)OCCO4)ccc2c1=O. The number of methoxy groups -OCH3 is 1. The molecule has 1 aliphatic rings. The number of carbonyl (C=O) groups excluding carboxylic acids is 1. The summed E-state index contributed by atoms with van der Waals surface area (Å²) in [4.78, 5) is 25.5. The molecule has 1 amide bonds. The van der Waals surface area contributed by atoms with Crippen LogP contribution in [0.2, 0.25) is 0 Å². The van der Waals surface area contributed by atoms with Gasteiger partial charge in [-0.05, 0) is 43.3 Å². The molecule has 9 heteroatoms. The van der Waals surface area contributed by atoms with Crippen LogP contribution in [0.3, 0.4) is 0 Å². The lowest BCUT2D eigenvalue weighted by atomic mass is 10.2. The Bertz CT molecular complexity index is 1490. The van der Waals surface area contributed by atoms with Gasteiger partial charge in [0.2, 0.25) is 11.2 Å². The van der Waals surface area contributed by atoms with Gasteiger partial charge in [0, 0.05) is 17.8 Å². The highest BCUT2D eigenvalue weighted by Gasteiger charge is 2.17. The van der Waals surface area contributed by atoms with E-state index in [1.54, 1.807) is 67.6 Å². The molecule has 0 atom stereocenters. The lowest BCUT2D eigenvalue weighted by molar-refractivity contribution is -0.118. The van der Waals surface area contributed by atoms with Crippen LogP contribution in [0.4, 0.5) is 5.69 Å². The van der Waals surface area contributed by atoms with E-state index in [1.165, 1.54) is 7.11 Å². The van der Waals surface area contributed by atoms with Crippen molar-refractivity contribution >= 4 is 22.6 Å². The van der Waals surface area contributed by atoms with Crippen molar-refractivity contribution in [3.05, 3.63) is 76.6 Å². The molecule has 9 nitrogen and oxygen atoms in total. The maximum atomic E-state index is 13.1. The number of benzene rings is 3. The predicted molar refractivity (Wildman–Crippen MR) is 132 cm³/mol. The number of carbonyl (C=O) groups is 1. The first-order chi connectivity index (χ1) is 17.5. The van der Waals surface area contributed by atoms with Crippen LogP contribution in [0.1, 0.15) is 5.76 Å². The van der Waals surface area contributed by atoms with Crippen LogP contribution >= 0.6 is 0 Å². The minimum Gasteiger partial charge on any atom is -0.493 e. The Morgan fingerprint density at radius 2 is 1.75 bits per heavy atom. The lowest BCUT2D eigenvalue weighted by Crippen LogP contribution is -2.21. The first-order valence-electron chi connectivity index (χ1n) is 11.2. The van der Waals surface area contributed by atoms with Gasteiger partial charge in [0.05, 0.1) is 12.5 Å². The fourth-order valence-electron chi connectivity index (χ4n) is 3.76. The highest BCUT2D eigenvalue weighted by Crippen LogP contribution is 2.34. The molecular formula is C27H23NO8. The van der Waals surface area contributed by atoms with Crippen molar-refractivity contribution in [1.29, 1.82) is 0 Å². The lowest BCUT2D eigenvalue weighted by Gasteiger charge is -2.19. The van der Waals surface area contributed by atoms with Gasteiger partial charge in [0.15, 0.2) is 29.6 Å². The molecule has 0 spiro atoms. The summed E-state index contributed by atoms with van der Waals surface area (Å²) in [5, 5.41) is 3.08. The van der Waals surface area contributed by atoms with Crippen LogP contribution in [0.15, 0.2) is 69.9 Å². The van der Waals surface area contributed by atoms with Gasteiger partial charge in [0.1, 0.15) is 30.3 Å². The van der Waals surface area contributed by atoms with Crippen LogP contribution in [-0.2, 0) is 4.79 Å². The van der Waals surface area contributed by atoms with Crippen molar-refractivity contribution in [2.45, 2.75) is 6.92 Å². The van der Waals surface area contributed by atoms with Crippen LogP contribution in [0, 0.1) is 6.92 Å². The third kappa shape index (κ3) is 4.76. The number of aryl methyl sites for hydroxylation is 1. The summed E-state index contributed by atoms with van der Waals surface area (Å²) in [7, 11) is 1.52. The number of fused-ring (bicyclic) bond motifs is 2. The second-order valence-corrected chi connectivity index (χ2v) is 7.92. The van der Waals surface area contributed by atoms with Gasteiger partial charge >= 0.3 is 0 Å². The van der Waals surface area contributed by atoms with Crippen molar-refractivity contribution in [2.75, 3.05) is 32.2 Å². The molecule has 0 aliphatic carbocycles. The molecule has 0 radical (unpaired) electrons. The largest absolute Gasteiger partial charge is 0.493 e. The molecule has 1 N–H and O–H groups in total. The predicted octanol–water partition coefficient (Wildman–Crippen LogP) is 4.69. The average Bonchev–Trinajstić information content (AvgIpc) is 2.90. The van der Waals surface area contributed by atoms with Crippen LogP contribution in [0.5, 0.6) is 34.5 Å². The summed E-state index contributed by atoms with van der Waals surface area (Å²) in [5.74, 6) is 2.50. The monoisotopic (exact) mass is 489 g/mol. The Morgan fingerprint density at radius 1 is 0.972 bits per heavy atom. The summed E-state index contributed by atoms with van der Waals surface area (Å²) in [6.45, 7) is 2.35. The van der Waals surface area contributed by atoms with Crippen LogP contribution < -0.4 is 34.4 Å². The zero-order chi connectivity index (χ0) is 25.1. The molecule has 0 fully saturated rings. The second kappa shape index (κ2) is 9.91. The summed E-state index contributed by atoms with van der Waals surface area (Å²) < 4.78 is 33.6. The first kappa shape index (κ1) is 23.1. The molecule has 4 aromatic rings. The van der Waals surface area contributed by atoms with Crippen molar-refractivity contribution in [2.24, 2.45) is 0 Å². The third-order valence-electron chi connectivity index (χ3n) is 5.46. The second-order valence-electron chi connectivity index (χ2n) is 7.92. The number of anilines is 1. The number of amides is 1. The zero-order valence-electron chi connectivity index (χ0n) is 19.7. The van der Waals surface area contributed by atoms with Crippen LogP contribution in [0.25, 0.3) is 11.0 Å². The molecule has 3 aromatic carbocycles.